The van der Waals surface area contributed by atoms with Crippen LogP contribution in [0, 0.1) is 6.92 Å². The van der Waals surface area contributed by atoms with E-state index >= 15 is 0 Å². The van der Waals surface area contributed by atoms with Crippen molar-refractivity contribution in [1.82, 2.24) is 4.98 Å². The number of carboxylic acid groups (broad SMARTS) is 1. The molecule has 0 radical (unpaired) electrons. The highest BCUT2D eigenvalue weighted by Gasteiger charge is 2.11. The van der Waals surface area contributed by atoms with Crippen LogP contribution in [0.4, 0.5) is 5.13 Å². The number of rotatable bonds is 5. The number of carbonyl (C=O) groups is 2. The van der Waals surface area contributed by atoms with Crippen molar-refractivity contribution in [2.75, 3.05) is 11.1 Å². The highest BCUT2D eigenvalue weighted by Crippen LogP contribution is 2.25. The van der Waals surface area contributed by atoms with Gasteiger partial charge in [0, 0.05) is 10.3 Å². The van der Waals surface area contributed by atoms with Gasteiger partial charge in [0.15, 0.2) is 5.13 Å². The molecular formula is C13H11ClN2O3S2. The van der Waals surface area contributed by atoms with Crippen LogP contribution < -0.4 is 5.32 Å². The smallest absolute Gasteiger partial charge is 0.337 e. The quantitative estimate of drug-likeness (QED) is 0.812. The molecule has 2 rings (SSSR count). The topological polar surface area (TPSA) is 79.3 Å². The molecule has 110 valence electrons. The van der Waals surface area contributed by atoms with E-state index in [9.17, 15) is 9.59 Å². The van der Waals surface area contributed by atoms with Crippen molar-refractivity contribution in [3.63, 3.8) is 0 Å². The Kier molecular flexibility index (Phi) is 5.22. The van der Waals surface area contributed by atoms with Crippen molar-refractivity contribution in [1.29, 1.82) is 0 Å². The van der Waals surface area contributed by atoms with Gasteiger partial charge in [-0.1, -0.05) is 11.6 Å². The zero-order valence-electron chi connectivity index (χ0n) is 10.9. The van der Waals surface area contributed by atoms with Crippen LogP contribution in [0.25, 0.3) is 0 Å². The van der Waals surface area contributed by atoms with E-state index in [0.717, 1.165) is 5.69 Å². The Balaban J connectivity index is 1.95. The molecule has 0 unspecified atom stereocenters. The summed E-state index contributed by atoms with van der Waals surface area (Å²) in [5.41, 5.74) is 0.879. The average molecular weight is 343 g/mol. The van der Waals surface area contributed by atoms with Gasteiger partial charge in [0.1, 0.15) is 0 Å². The van der Waals surface area contributed by atoms with Crippen molar-refractivity contribution in [2.45, 2.75) is 11.8 Å². The maximum absolute atomic E-state index is 11.8. The molecule has 0 fully saturated rings. The first kappa shape index (κ1) is 15.8. The van der Waals surface area contributed by atoms with Crippen molar-refractivity contribution in [2.24, 2.45) is 0 Å². The van der Waals surface area contributed by atoms with Gasteiger partial charge in [-0.05, 0) is 25.1 Å². The number of amides is 1. The molecule has 0 saturated carbocycles. The Morgan fingerprint density at radius 3 is 2.86 bits per heavy atom. The van der Waals surface area contributed by atoms with Gasteiger partial charge >= 0.3 is 5.97 Å². The molecule has 1 aromatic heterocycles. The molecule has 2 aromatic rings. The first-order valence-electron chi connectivity index (χ1n) is 5.83. The van der Waals surface area contributed by atoms with Crippen LogP contribution in [0.2, 0.25) is 5.02 Å². The van der Waals surface area contributed by atoms with Crippen molar-refractivity contribution in [3.8, 4) is 0 Å². The van der Waals surface area contributed by atoms with Crippen LogP contribution in [0.5, 0.6) is 0 Å². The van der Waals surface area contributed by atoms with Gasteiger partial charge in [0.25, 0.3) is 0 Å². The summed E-state index contributed by atoms with van der Waals surface area (Å²) < 4.78 is 0. The maximum Gasteiger partial charge on any atom is 0.337 e. The van der Waals surface area contributed by atoms with Gasteiger partial charge in [-0.2, -0.15) is 0 Å². The number of aromatic nitrogens is 1. The number of nitrogens with zero attached hydrogens (tertiary/aromatic N) is 1. The first-order valence-corrected chi connectivity index (χ1v) is 8.07. The summed E-state index contributed by atoms with van der Waals surface area (Å²) in [6.07, 6.45) is 0. The average Bonchev–Trinajstić information content (AvgIpc) is 2.82. The molecule has 0 saturated heterocycles. The Bertz CT molecular complexity index is 688. The van der Waals surface area contributed by atoms with Gasteiger partial charge in [-0.3, -0.25) is 4.79 Å². The summed E-state index contributed by atoms with van der Waals surface area (Å²) in [7, 11) is 0. The largest absolute Gasteiger partial charge is 0.478 e. The standard InChI is InChI=1S/C13H11ClN2O3S2/c1-7-5-21-13(15-7)16-11(17)6-20-8-2-3-10(14)9(4-8)12(18)19/h2-5H,6H2,1H3,(H,18,19)(H,15,16,17). The van der Waals surface area contributed by atoms with E-state index in [1.807, 2.05) is 12.3 Å². The molecule has 1 amide bonds. The second-order valence-electron chi connectivity index (χ2n) is 4.08. The highest BCUT2D eigenvalue weighted by atomic mass is 35.5. The zero-order chi connectivity index (χ0) is 15.4. The monoisotopic (exact) mass is 342 g/mol. The summed E-state index contributed by atoms with van der Waals surface area (Å²) in [4.78, 5) is 27.6. The summed E-state index contributed by atoms with van der Waals surface area (Å²) in [6, 6.07) is 4.64. The second kappa shape index (κ2) is 6.93. The minimum Gasteiger partial charge on any atom is -0.478 e. The molecule has 0 aliphatic rings. The lowest BCUT2D eigenvalue weighted by Crippen LogP contribution is -2.13. The summed E-state index contributed by atoms with van der Waals surface area (Å²) in [5.74, 6) is -1.12. The third kappa shape index (κ3) is 4.45. The second-order valence-corrected chi connectivity index (χ2v) is 6.39. The molecule has 21 heavy (non-hydrogen) atoms. The Labute approximate surface area is 134 Å². The fourth-order valence-electron chi connectivity index (χ4n) is 1.47. The molecule has 0 aliphatic carbocycles. The lowest BCUT2D eigenvalue weighted by molar-refractivity contribution is -0.113. The number of carboxylic acids is 1. The minimum absolute atomic E-state index is 0.0256. The third-order valence-corrected chi connectivity index (χ3v) is 4.60. The number of anilines is 1. The number of hydrogen-bond donors (Lipinski definition) is 2. The Morgan fingerprint density at radius 2 is 2.24 bits per heavy atom. The number of hydrogen-bond acceptors (Lipinski definition) is 5. The molecule has 0 spiro atoms. The van der Waals surface area contributed by atoms with Crippen LogP contribution in [-0.2, 0) is 4.79 Å². The number of thiazole rings is 1. The molecule has 1 heterocycles. The van der Waals surface area contributed by atoms with Gasteiger partial charge in [0.05, 0.1) is 22.0 Å². The van der Waals surface area contributed by atoms with Crippen LogP contribution in [-0.4, -0.2) is 27.7 Å². The normalized spacial score (nSPS) is 10.4. The van der Waals surface area contributed by atoms with E-state index in [-0.39, 0.29) is 22.2 Å². The number of aromatic carboxylic acids is 1. The molecule has 0 atom stereocenters. The van der Waals surface area contributed by atoms with Gasteiger partial charge < -0.3 is 10.4 Å². The number of benzene rings is 1. The van der Waals surface area contributed by atoms with Crippen LogP contribution >= 0.6 is 34.7 Å². The number of halogens is 1. The van der Waals surface area contributed by atoms with E-state index in [0.29, 0.717) is 10.0 Å². The minimum atomic E-state index is -1.09. The van der Waals surface area contributed by atoms with Gasteiger partial charge in [0.2, 0.25) is 5.91 Å². The lowest BCUT2D eigenvalue weighted by atomic mass is 10.2. The highest BCUT2D eigenvalue weighted by molar-refractivity contribution is 8.00. The van der Waals surface area contributed by atoms with E-state index in [4.69, 9.17) is 16.7 Å². The van der Waals surface area contributed by atoms with E-state index in [2.05, 4.69) is 10.3 Å². The predicted octanol–water partition coefficient (Wildman–Crippen LogP) is 3.53. The predicted molar refractivity (Wildman–Crippen MR) is 84.6 cm³/mol. The number of thioether (sulfide) groups is 1. The maximum atomic E-state index is 11.8. The van der Waals surface area contributed by atoms with Crippen molar-refractivity contribution < 1.29 is 14.7 Å². The fraction of sp³-hybridized carbons (Fsp3) is 0.154. The first-order chi connectivity index (χ1) is 9.95. The van der Waals surface area contributed by atoms with E-state index in [1.165, 1.54) is 35.2 Å². The summed E-state index contributed by atoms with van der Waals surface area (Å²) in [6.45, 7) is 1.85. The van der Waals surface area contributed by atoms with Gasteiger partial charge in [-0.15, -0.1) is 23.1 Å². The fourth-order valence-corrected chi connectivity index (χ4v) is 3.11. The zero-order valence-corrected chi connectivity index (χ0v) is 13.3. The lowest BCUT2D eigenvalue weighted by Gasteiger charge is -2.04. The number of nitrogens with one attached hydrogen (secondary N) is 1. The molecule has 2 N–H and O–H groups in total. The Hall–Kier alpha value is -1.57. The molecule has 0 aliphatic heterocycles. The molecule has 8 heteroatoms. The van der Waals surface area contributed by atoms with Crippen LogP contribution in [0.3, 0.4) is 0 Å². The SMILES string of the molecule is Cc1csc(NC(=O)CSc2ccc(Cl)c(C(=O)O)c2)n1. The van der Waals surface area contributed by atoms with Crippen LogP contribution in [0.15, 0.2) is 28.5 Å². The number of carbonyl (C=O) groups excluding carboxylic acids is 1. The summed E-state index contributed by atoms with van der Waals surface area (Å²) in [5, 5.41) is 14.3. The molecule has 1 aromatic carbocycles. The number of aryl methyl sites for hydroxylation is 1. The molecule has 5 nitrogen and oxygen atoms in total. The third-order valence-electron chi connectivity index (χ3n) is 2.40. The molecule has 0 bridgehead atoms. The van der Waals surface area contributed by atoms with E-state index in [1.54, 1.807) is 6.07 Å². The van der Waals surface area contributed by atoms with Crippen molar-refractivity contribution in [3.05, 3.63) is 39.9 Å². The van der Waals surface area contributed by atoms with E-state index < -0.39 is 5.97 Å². The molecular weight excluding hydrogens is 332 g/mol. The Morgan fingerprint density at radius 1 is 1.48 bits per heavy atom. The van der Waals surface area contributed by atoms with Crippen LogP contribution in [0.1, 0.15) is 16.1 Å². The van der Waals surface area contributed by atoms with Crippen molar-refractivity contribution >= 4 is 51.7 Å². The van der Waals surface area contributed by atoms with Gasteiger partial charge in [-0.25, -0.2) is 9.78 Å². The summed E-state index contributed by atoms with van der Waals surface area (Å²) >= 11 is 8.39.